The molecule has 0 saturated heterocycles. The first-order chi connectivity index (χ1) is 10.2. The number of ether oxygens (including phenoxy) is 1. The van der Waals surface area contributed by atoms with Crippen LogP contribution in [-0.4, -0.2) is 23.0 Å². The van der Waals surface area contributed by atoms with Crippen molar-refractivity contribution in [3.05, 3.63) is 47.9 Å². The van der Waals surface area contributed by atoms with Crippen LogP contribution in [0.1, 0.15) is 34.9 Å². The summed E-state index contributed by atoms with van der Waals surface area (Å²) in [4.78, 5) is 20.5. The van der Waals surface area contributed by atoms with Crippen LogP contribution < -0.4 is 5.73 Å². The minimum absolute atomic E-state index is 0.101. The summed E-state index contributed by atoms with van der Waals surface area (Å²) in [5, 5.41) is 0. The standard InChI is InChI=1S/C16H17N3O2/c1-21-16(20)12-4-2-3-11(9-12)14-15(19-8-7-18-14)13(17)10-5-6-10/h2-4,7-10,13H,5-6,17H2,1H3. The van der Waals surface area contributed by atoms with Gasteiger partial charge in [-0.3, -0.25) is 9.97 Å². The number of hydrogen-bond donors (Lipinski definition) is 1. The lowest BCUT2D eigenvalue weighted by Gasteiger charge is -2.14. The molecule has 1 aromatic carbocycles. The number of nitrogens with two attached hydrogens (primary N) is 1. The number of rotatable bonds is 4. The topological polar surface area (TPSA) is 78.1 Å². The van der Waals surface area contributed by atoms with Crippen molar-refractivity contribution in [2.75, 3.05) is 7.11 Å². The zero-order chi connectivity index (χ0) is 14.8. The van der Waals surface area contributed by atoms with Crippen LogP contribution in [0.2, 0.25) is 0 Å². The molecule has 0 spiro atoms. The van der Waals surface area contributed by atoms with E-state index in [2.05, 4.69) is 9.97 Å². The summed E-state index contributed by atoms with van der Waals surface area (Å²) in [6.45, 7) is 0. The Labute approximate surface area is 123 Å². The molecule has 1 aliphatic rings. The fourth-order valence-corrected chi connectivity index (χ4v) is 2.41. The highest BCUT2D eigenvalue weighted by molar-refractivity contribution is 5.90. The lowest BCUT2D eigenvalue weighted by molar-refractivity contribution is 0.0601. The highest BCUT2D eigenvalue weighted by atomic mass is 16.5. The van der Waals surface area contributed by atoms with Gasteiger partial charge in [-0.05, 0) is 30.9 Å². The summed E-state index contributed by atoms with van der Waals surface area (Å²) in [6, 6.07) is 7.09. The molecular weight excluding hydrogens is 266 g/mol. The van der Waals surface area contributed by atoms with Crippen LogP contribution in [-0.2, 0) is 4.74 Å². The van der Waals surface area contributed by atoms with E-state index in [0.29, 0.717) is 11.5 Å². The molecule has 1 aromatic heterocycles. The van der Waals surface area contributed by atoms with E-state index >= 15 is 0 Å². The van der Waals surface area contributed by atoms with Gasteiger partial charge in [-0.25, -0.2) is 4.79 Å². The van der Waals surface area contributed by atoms with E-state index in [1.165, 1.54) is 7.11 Å². The lowest BCUT2D eigenvalue weighted by Crippen LogP contribution is -2.16. The summed E-state index contributed by atoms with van der Waals surface area (Å²) in [7, 11) is 1.37. The summed E-state index contributed by atoms with van der Waals surface area (Å²) >= 11 is 0. The Morgan fingerprint density at radius 1 is 1.33 bits per heavy atom. The molecule has 2 aromatic rings. The van der Waals surface area contributed by atoms with Crippen molar-refractivity contribution in [1.82, 2.24) is 9.97 Å². The minimum Gasteiger partial charge on any atom is -0.465 e. The highest BCUT2D eigenvalue weighted by Crippen LogP contribution is 2.40. The van der Waals surface area contributed by atoms with E-state index < -0.39 is 0 Å². The second-order valence-corrected chi connectivity index (χ2v) is 5.23. The molecule has 108 valence electrons. The Kier molecular flexibility index (Phi) is 3.66. The van der Waals surface area contributed by atoms with Crippen molar-refractivity contribution in [3.8, 4) is 11.3 Å². The number of hydrogen-bond acceptors (Lipinski definition) is 5. The first-order valence-electron chi connectivity index (χ1n) is 6.96. The van der Waals surface area contributed by atoms with E-state index in [1.807, 2.05) is 12.1 Å². The summed E-state index contributed by atoms with van der Waals surface area (Å²) in [5.74, 6) is 0.123. The average Bonchev–Trinajstić information content (AvgIpc) is 3.38. The van der Waals surface area contributed by atoms with E-state index in [1.54, 1.807) is 24.5 Å². The lowest BCUT2D eigenvalue weighted by atomic mass is 10.0. The van der Waals surface area contributed by atoms with Crippen LogP contribution in [0.3, 0.4) is 0 Å². The zero-order valence-corrected chi connectivity index (χ0v) is 11.8. The van der Waals surface area contributed by atoms with Crippen molar-refractivity contribution in [2.45, 2.75) is 18.9 Å². The van der Waals surface area contributed by atoms with Gasteiger partial charge in [0.15, 0.2) is 0 Å². The number of carbonyl (C=O) groups excluding carboxylic acids is 1. The Hall–Kier alpha value is -2.27. The molecule has 0 aliphatic heterocycles. The van der Waals surface area contributed by atoms with Gasteiger partial charge in [-0.15, -0.1) is 0 Å². The van der Waals surface area contributed by atoms with Gasteiger partial charge in [0.2, 0.25) is 0 Å². The van der Waals surface area contributed by atoms with Gasteiger partial charge in [0.05, 0.1) is 30.1 Å². The highest BCUT2D eigenvalue weighted by Gasteiger charge is 2.32. The first kappa shape index (κ1) is 13.7. The SMILES string of the molecule is COC(=O)c1cccc(-c2nccnc2C(N)C2CC2)c1. The molecule has 0 amide bonds. The van der Waals surface area contributed by atoms with Gasteiger partial charge in [-0.1, -0.05) is 12.1 Å². The van der Waals surface area contributed by atoms with E-state index in [9.17, 15) is 4.79 Å². The third kappa shape index (κ3) is 2.78. The molecule has 3 rings (SSSR count). The Morgan fingerprint density at radius 3 is 2.81 bits per heavy atom. The molecule has 1 fully saturated rings. The number of esters is 1. The second-order valence-electron chi connectivity index (χ2n) is 5.23. The van der Waals surface area contributed by atoms with Gasteiger partial charge >= 0.3 is 5.97 Å². The summed E-state index contributed by atoms with van der Waals surface area (Å²) in [6.07, 6.45) is 5.58. The fourth-order valence-electron chi connectivity index (χ4n) is 2.41. The molecule has 1 unspecified atom stereocenters. The number of carbonyl (C=O) groups is 1. The molecule has 2 N–H and O–H groups in total. The quantitative estimate of drug-likeness (QED) is 0.871. The molecule has 1 saturated carbocycles. The molecule has 5 heteroatoms. The number of benzene rings is 1. The summed E-state index contributed by atoms with van der Waals surface area (Å²) < 4.78 is 4.75. The predicted molar refractivity (Wildman–Crippen MR) is 78.5 cm³/mol. The van der Waals surface area contributed by atoms with Crippen molar-refractivity contribution in [3.63, 3.8) is 0 Å². The zero-order valence-electron chi connectivity index (χ0n) is 11.8. The maximum atomic E-state index is 11.7. The monoisotopic (exact) mass is 283 g/mol. The van der Waals surface area contributed by atoms with Crippen LogP contribution in [0.4, 0.5) is 0 Å². The second kappa shape index (κ2) is 5.61. The van der Waals surface area contributed by atoms with Crippen LogP contribution in [0, 0.1) is 5.92 Å². The molecule has 1 aliphatic carbocycles. The molecule has 1 heterocycles. The Balaban J connectivity index is 2.02. The van der Waals surface area contributed by atoms with Crippen molar-refractivity contribution >= 4 is 5.97 Å². The smallest absolute Gasteiger partial charge is 0.337 e. The van der Waals surface area contributed by atoms with Gasteiger partial charge < -0.3 is 10.5 Å². The average molecular weight is 283 g/mol. The van der Waals surface area contributed by atoms with Crippen LogP contribution in [0.25, 0.3) is 11.3 Å². The largest absolute Gasteiger partial charge is 0.465 e. The van der Waals surface area contributed by atoms with Crippen LogP contribution >= 0.6 is 0 Å². The van der Waals surface area contributed by atoms with E-state index in [-0.39, 0.29) is 12.0 Å². The van der Waals surface area contributed by atoms with Crippen LogP contribution in [0.15, 0.2) is 36.7 Å². The summed E-state index contributed by atoms with van der Waals surface area (Å²) in [5.41, 5.74) is 9.12. The molecule has 0 radical (unpaired) electrons. The third-order valence-electron chi connectivity index (χ3n) is 3.73. The number of methoxy groups -OCH3 is 1. The number of nitrogens with zero attached hydrogens (tertiary/aromatic N) is 2. The number of aromatic nitrogens is 2. The van der Waals surface area contributed by atoms with Gasteiger partial charge in [0, 0.05) is 18.0 Å². The molecule has 1 atom stereocenters. The Morgan fingerprint density at radius 2 is 2.10 bits per heavy atom. The van der Waals surface area contributed by atoms with Gasteiger partial charge in [0.1, 0.15) is 0 Å². The van der Waals surface area contributed by atoms with E-state index in [4.69, 9.17) is 10.5 Å². The maximum absolute atomic E-state index is 11.7. The fraction of sp³-hybridized carbons (Fsp3) is 0.312. The van der Waals surface area contributed by atoms with Gasteiger partial charge in [-0.2, -0.15) is 0 Å². The minimum atomic E-state index is -0.367. The normalized spacial score (nSPS) is 15.5. The van der Waals surface area contributed by atoms with Crippen LogP contribution in [0.5, 0.6) is 0 Å². The van der Waals surface area contributed by atoms with Gasteiger partial charge in [0.25, 0.3) is 0 Å². The van der Waals surface area contributed by atoms with Crippen molar-refractivity contribution < 1.29 is 9.53 Å². The van der Waals surface area contributed by atoms with E-state index in [0.717, 1.165) is 29.8 Å². The van der Waals surface area contributed by atoms with Crippen molar-refractivity contribution in [2.24, 2.45) is 11.7 Å². The molecule has 21 heavy (non-hydrogen) atoms. The molecule has 5 nitrogen and oxygen atoms in total. The Bertz CT molecular complexity index is 668. The third-order valence-corrected chi connectivity index (χ3v) is 3.73. The molecule has 0 bridgehead atoms. The predicted octanol–water partition coefficient (Wildman–Crippen LogP) is 2.34. The van der Waals surface area contributed by atoms with Crippen molar-refractivity contribution in [1.29, 1.82) is 0 Å². The molecular formula is C16H17N3O2. The first-order valence-corrected chi connectivity index (χ1v) is 6.96. The maximum Gasteiger partial charge on any atom is 0.337 e.